The molecule has 1 aromatic carbocycles. The molecule has 0 radical (unpaired) electrons. The van der Waals surface area contributed by atoms with Crippen LogP contribution in [0, 0.1) is 0 Å². The van der Waals surface area contributed by atoms with Gasteiger partial charge in [0.05, 0.1) is 6.04 Å². The van der Waals surface area contributed by atoms with Gasteiger partial charge < -0.3 is 10.6 Å². The van der Waals surface area contributed by atoms with Crippen molar-refractivity contribution in [1.29, 1.82) is 0 Å². The van der Waals surface area contributed by atoms with Gasteiger partial charge in [-0.15, -0.1) is 0 Å². The molecule has 0 bridgehead atoms. The Labute approximate surface area is 95.0 Å². The van der Waals surface area contributed by atoms with Crippen LogP contribution >= 0.6 is 0 Å². The highest BCUT2D eigenvalue weighted by Crippen LogP contribution is 1.98. The summed E-state index contributed by atoms with van der Waals surface area (Å²) in [7, 11) is 0. The minimum atomic E-state index is -0.531. The number of hydrogen-bond acceptors (Lipinski definition) is 2. The Morgan fingerprint density at radius 1 is 1.38 bits per heavy atom. The zero-order valence-electron chi connectivity index (χ0n) is 9.37. The molecule has 0 aliphatic rings. The monoisotopic (exact) mass is 224 g/mol. The summed E-state index contributed by atoms with van der Waals surface area (Å²) in [5, 5.41) is 5.57. The molecule has 2 N–H and O–H groups in total. The van der Waals surface area contributed by atoms with Crippen molar-refractivity contribution in [1.82, 2.24) is 10.6 Å². The number of rotatable bonds is 6. The van der Waals surface area contributed by atoms with Crippen LogP contribution < -0.4 is 10.6 Å². The fourth-order valence-electron chi connectivity index (χ4n) is 1.28. The highest BCUT2D eigenvalue weighted by Gasteiger charge is 2.10. The zero-order valence-corrected chi connectivity index (χ0v) is 9.37. The minimum Gasteiger partial charge on any atom is -0.352 e. The minimum absolute atomic E-state index is 0.0796. The first-order chi connectivity index (χ1) is 7.74. The first kappa shape index (κ1) is 12.6. The molecular weight excluding hydrogens is 207 g/mol. The number of nitrogens with one attached hydrogen (secondary N) is 2. The van der Waals surface area contributed by atoms with E-state index in [-0.39, 0.29) is 18.5 Å². The van der Waals surface area contributed by atoms with Gasteiger partial charge in [-0.1, -0.05) is 30.3 Å². The molecule has 0 aromatic heterocycles. The number of benzene rings is 1. The van der Waals surface area contributed by atoms with Crippen LogP contribution in [0.2, 0.25) is 0 Å². The Bertz CT molecular complexity index is 316. The van der Waals surface area contributed by atoms with E-state index in [1.807, 2.05) is 30.3 Å². The van der Waals surface area contributed by atoms with Crippen molar-refractivity contribution in [2.45, 2.75) is 19.5 Å². The molecule has 3 nitrogen and oxygen atoms in total. The number of hydrogen-bond donors (Lipinski definition) is 2. The van der Waals surface area contributed by atoms with Crippen molar-refractivity contribution in [3.8, 4) is 0 Å². The lowest BCUT2D eigenvalue weighted by Crippen LogP contribution is -2.42. The van der Waals surface area contributed by atoms with E-state index in [1.54, 1.807) is 6.92 Å². The van der Waals surface area contributed by atoms with E-state index in [4.69, 9.17) is 0 Å². The maximum absolute atomic E-state index is 11.8. The molecule has 0 heterocycles. The molecule has 0 saturated heterocycles. The van der Waals surface area contributed by atoms with Crippen LogP contribution in [0.5, 0.6) is 0 Å². The standard InChI is InChI=1S/C12H17FN2O/c1-10(12(16)14-8-7-13)15-9-11-5-3-2-4-6-11/h2-6,10,15H,7-9H2,1H3,(H,14,16). The Hall–Kier alpha value is -1.42. The van der Waals surface area contributed by atoms with Gasteiger partial charge in [-0.25, -0.2) is 4.39 Å². The molecule has 1 aromatic rings. The normalized spacial score (nSPS) is 12.1. The number of carbonyl (C=O) groups excluding carboxylic acids is 1. The first-order valence-corrected chi connectivity index (χ1v) is 5.35. The third-order valence-corrected chi connectivity index (χ3v) is 2.24. The lowest BCUT2D eigenvalue weighted by atomic mass is 10.2. The second-order valence-electron chi connectivity index (χ2n) is 3.57. The molecule has 1 atom stereocenters. The number of carbonyl (C=O) groups is 1. The fraction of sp³-hybridized carbons (Fsp3) is 0.417. The lowest BCUT2D eigenvalue weighted by molar-refractivity contribution is -0.122. The van der Waals surface area contributed by atoms with Gasteiger partial charge >= 0.3 is 0 Å². The van der Waals surface area contributed by atoms with Crippen molar-refractivity contribution in [2.75, 3.05) is 13.2 Å². The molecule has 16 heavy (non-hydrogen) atoms. The Kier molecular flexibility index (Phi) is 5.50. The van der Waals surface area contributed by atoms with E-state index < -0.39 is 6.67 Å². The summed E-state index contributed by atoms with van der Waals surface area (Å²) in [4.78, 5) is 11.4. The number of halogens is 1. The van der Waals surface area contributed by atoms with Crippen LogP contribution in [0.25, 0.3) is 0 Å². The smallest absolute Gasteiger partial charge is 0.236 e. The average molecular weight is 224 g/mol. The summed E-state index contributed by atoms with van der Waals surface area (Å²) >= 11 is 0. The van der Waals surface area contributed by atoms with Gasteiger partial charge in [0.2, 0.25) is 5.91 Å². The largest absolute Gasteiger partial charge is 0.352 e. The zero-order chi connectivity index (χ0) is 11.8. The van der Waals surface area contributed by atoms with E-state index >= 15 is 0 Å². The van der Waals surface area contributed by atoms with Crippen LogP contribution in [0.15, 0.2) is 30.3 Å². The molecular formula is C12H17FN2O. The van der Waals surface area contributed by atoms with Gasteiger partial charge in [0.1, 0.15) is 6.67 Å². The van der Waals surface area contributed by atoms with Crippen molar-refractivity contribution in [3.63, 3.8) is 0 Å². The molecule has 1 rings (SSSR count). The molecule has 88 valence electrons. The van der Waals surface area contributed by atoms with Crippen LogP contribution in [0.4, 0.5) is 4.39 Å². The lowest BCUT2D eigenvalue weighted by Gasteiger charge is -2.13. The van der Waals surface area contributed by atoms with E-state index in [0.29, 0.717) is 6.54 Å². The van der Waals surface area contributed by atoms with Crippen molar-refractivity contribution in [2.24, 2.45) is 0 Å². The van der Waals surface area contributed by atoms with Crippen molar-refractivity contribution >= 4 is 5.91 Å². The molecule has 0 aliphatic carbocycles. The quantitative estimate of drug-likeness (QED) is 0.763. The van der Waals surface area contributed by atoms with Gasteiger partial charge in [0, 0.05) is 13.1 Å². The molecule has 1 amide bonds. The number of amides is 1. The second-order valence-corrected chi connectivity index (χ2v) is 3.57. The second kappa shape index (κ2) is 6.95. The van der Waals surface area contributed by atoms with Crippen LogP contribution in [-0.2, 0) is 11.3 Å². The van der Waals surface area contributed by atoms with E-state index in [2.05, 4.69) is 10.6 Å². The summed E-state index contributed by atoms with van der Waals surface area (Å²) < 4.78 is 11.8. The Morgan fingerprint density at radius 2 is 2.06 bits per heavy atom. The predicted molar refractivity (Wildman–Crippen MR) is 61.7 cm³/mol. The first-order valence-electron chi connectivity index (χ1n) is 5.35. The summed E-state index contributed by atoms with van der Waals surface area (Å²) in [6, 6.07) is 9.50. The van der Waals surface area contributed by atoms with Gasteiger partial charge in [0.25, 0.3) is 0 Å². The molecule has 0 aliphatic heterocycles. The Balaban J connectivity index is 2.29. The van der Waals surface area contributed by atoms with Crippen molar-refractivity contribution < 1.29 is 9.18 Å². The molecule has 0 spiro atoms. The average Bonchev–Trinajstić information content (AvgIpc) is 2.34. The van der Waals surface area contributed by atoms with Gasteiger partial charge in [-0.05, 0) is 12.5 Å². The van der Waals surface area contributed by atoms with Gasteiger partial charge in [-0.2, -0.15) is 0 Å². The Morgan fingerprint density at radius 3 is 2.69 bits per heavy atom. The topological polar surface area (TPSA) is 41.1 Å². The van der Waals surface area contributed by atoms with Crippen LogP contribution in [-0.4, -0.2) is 25.2 Å². The van der Waals surface area contributed by atoms with E-state index in [0.717, 1.165) is 5.56 Å². The molecule has 4 heteroatoms. The summed E-state index contributed by atoms with van der Waals surface area (Å²) in [5.41, 5.74) is 1.12. The highest BCUT2D eigenvalue weighted by atomic mass is 19.1. The van der Waals surface area contributed by atoms with Gasteiger partial charge in [-0.3, -0.25) is 4.79 Å². The summed E-state index contributed by atoms with van der Waals surface area (Å²) in [6.07, 6.45) is 0. The SMILES string of the molecule is CC(NCc1ccccc1)C(=O)NCCF. The van der Waals surface area contributed by atoms with Crippen molar-refractivity contribution in [3.05, 3.63) is 35.9 Å². The third kappa shape index (κ3) is 4.40. The van der Waals surface area contributed by atoms with Crippen LogP contribution in [0.3, 0.4) is 0 Å². The van der Waals surface area contributed by atoms with Crippen LogP contribution in [0.1, 0.15) is 12.5 Å². The summed E-state index contributed by atoms with van der Waals surface area (Å²) in [6.45, 7) is 1.94. The fourth-order valence-corrected chi connectivity index (χ4v) is 1.28. The highest BCUT2D eigenvalue weighted by molar-refractivity contribution is 5.81. The predicted octanol–water partition coefficient (Wildman–Crippen LogP) is 1.25. The maximum Gasteiger partial charge on any atom is 0.236 e. The maximum atomic E-state index is 11.8. The third-order valence-electron chi connectivity index (χ3n) is 2.24. The molecule has 0 fully saturated rings. The summed E-state index contributed by atoms with van der Waals surface area (Å²) in [5.74, 6) is -0.173. The van der Waals surface area contributed by atoms with E-state index in [1.165, 1.54) is 0 Å². The molecule has 1 unspecified atom stereocenters. The van der Waals surface area contributed by atoms with Gasteiger partial charge in [0.15, 0.2) is 0 Å². The molecule has 0 saturated carbocycles. The number of alkyl halides is 1. The van der Waals surface area contributed by atoms with E-state index in [9.17, 15) is 9.18 Å².